The molecule has 2 aliphatic heterocycles. The van der Waals surface area contributed by atoms with Crippen LogP contribution >= 0.6 is 0 Å². The van der Waals surface area contributed by atoms with Crippen LogP contribution in [0.1, 0.15) is 32.6 Å². The third-order valence-electron chi connectivity index (χ3n) is 4.00. The number of nitrogens with zero attached hydrogens (tertiary/aromatic N) is 2. The van der Waals surface area contributed by atoms with Gasteiger partial charge in [-0.3, -0.25) is 9.80 Å². The Morgan fingerprint density at radius 1 is 1.20 bits per heavy atom. The Labute approximate surface area is 93.9 Å². The van der Waals surface area contributed by atoms with Crippen LogP contribution in [0.5, 0.6) is 0 Å². The molecule has 2 rings (SSSR count). The number of piperidine rings is 1. The van der Waals surface area contributed by atoms with Gasteiger partial charge in [0.15, 0.2) is 0 Å². The molecule has 0 aromatic rings. The summed E-state index contributed by atoms with van der Waals surface area (Å²) in [4.78, 5) is 5.31. The SMILES string of the molecule is C=CC(C)N1CCCN2CCCCC2C1. The molecular formula is C13H24N2. The highest BCUT2D eigenvalue weighted by molar-refractivity contribution is 4.90. The lowest BCUT2D eigenvalue weighted by Gasteiger charge is -2.36. The number of hydrogen-bond donors (Lipinski definition) is 0. The lowest BCUT2D eigenvalue weighted by Crippen LogP contribution is -2.45. The van der Waals surface area contributed by atoms with E-state index in [0.29, 0.717) is 6.04 Å². The van der Waals surface area contributed by atoms with E-state index in [-0.39, 0.29) is 0 Å². The maximum atomic E-state index is 3.92. The Morgan fingerprint density at radius 2 is 2.00 bits per heavy atom. The minimum Gasteiger partial charge on any atom is -0.299 e. The van der Waals surface area contributed by atoms with Gasteiger partial charge < -0.3 is 0 Å². The summed E-state index contributed by atoms with van der Waals surface area (Å²) in [6.45, 7) is 11.3. The molecule has 0 amide bonds. The van der Waals surface area contributed by atoms with E-state index in [1.54, 1.807) is 0 Å². The molecule has 2 heterocycles. The first-order chi connectivity index (χ1) is 7.31. The van der Waals surface area contributed by atoms with Gasteiger partial charge >= 0.3 is 0 Å². The van der Waals surface area contributed by atoms with Crippen LogP contribution in [0, 0.1) is 0 Å². The van der Waals surface area contributed by atoms with Gasteiger partial charge in [0, 0.05) is 18.6 Å². The van der Waals surface area contributed by atoms with Crippen LogP contribution in [0.3, 0.4) is 0 Å². The molecule has 0 aromatic heterocycles. The normalized spacial score (nSPS) is 31.7. The Hall–Kier alpha value is -0.340. The van der Waals surface area contributed by atoms with Crippen molar-refractivity contribution in [3.05, 3.63) is 12.7 Å². The van der Waals surface area contributed by atoms with Crippen molar-refractivity contribution >= 4 is 0 Å². The second-order valence-electron chi connectivity index (χ2n) is 5.01. The molecule has 0 bridgehead atoms. The third-order valence-corrected chi connectivity index (χ3v) is 4.00. The van der Waals surface area contributed by atoms with Crippen LogP contribution in [0.4, 0.5) is 0 Å². The van der Waals surface area contributed by atoms with Gasteiger partial charge in [0.25, 0.3) is 0 Å². The van der Waals surface area contributed by atoms with E-state index in [1.807, 2.05) is 0 Å². The van der Waals surface area contributed by atoms with Crippen LogP contribution in [0.25, 0.3) is 0 Å². The van der Waals surface area contributed by atoms with E-state index in [1.165, 1.54) is 51.9 Å². The zero-order valence-electron chi connectivity index (χ0n) is 9.99. The fourth-order valence-corrected chi connectivity index (χ4v) is 2.92. The molecular weight excluding hydrogens is 184 g/mol. The summed E-state index contributed by atoms with van der Waals surface area (Å²) in [5, 5.41) is 0. The molecule has 0 aliphatic carbocycles. The summed E-state index contributed by atoms with van der Waals surface area (Å²) < 4.78 is 0. The molecule has 2 atom stereocenters. The van der Waals surface area contributed by atoms with Crippen molar-refractivity contribution < 1.29 is 0 Å². The average Bonchev–Trinajstić information content (AvgIpc) is 2.49. The van der Waals surface area contributed by atoms with Crippen molar-refractivity contribution in [2.45, 2.75) is 44.7 Å². The molecule has 0 saturated carbocycles. The Kier molecular flexibility index (Phi) is 3.81. The average molecular weight is 208 g/mol. The standard InChI is InChI=1S/C13H24N2/c1-3-12(2)15-10-6-9-14-8-5-4-7-13(14)11-15/h3,12-13H,1,4-11H2,2H3. The molecule has 2 unspecified atom stereocenters. The maximum absolute atomic E-state index is 3.92. The fraction of sp³-hybridized carbons (Fsp3) is 0.846. The highest BCUT2D eigenvalue weighted by atomic mass is 15.3. The first-order valence-corrected chi connectivity index (χ1v) is 6.42. The molecule has 2 aliphatic rings. The summed E-state index contributed by atoms with van der Waals surface area (Å²) in [7, 11) is 0. The third kappa shape index (κ3) is 2.61. The molecule has 0 N–H and O–H groups in total. The zero-order valence-corrected chi connectivity index (χ0v) is 9.99. The smallest absolute Gasteiger partial charge is 0.0247 e. The van der Waals surface area contributed by atoms with Gasteiger partial charge in [-0.15, -0.1) is 6.58 Å². The van der Waals surface area contributed by atoms with E-state index in [2.05, 4.69) is 29.4 Å². The van der Waals surface area contributed by atoms with Crippen LogP contribution in [-0.4, -0.2) is 48.1 Å². The van der Waals surface area contributed by atoms with Crippen LogP contribution in [0.2, 0.25) is 0 Å². The van der Waals surface area contributed by atoms with Crippen molar-refractivity contribution in [1.82, 2.24) is 9.80 Å². The summed E-state index contributed by atoms with van der Waals surface area (Å²) in [5.74, 6) is 0. The van der Waals surface area contributed by atoms with E-state index >= 15 is 0 Å². The molecule has 2 saturated heterocycles. The summed E-state index contributed by atoms with van der Waals surface area (Å²) in [6, 6.07) is 1.37. The largest absolute Gasteiger partial charge is 0.299 e. The number of rotatable bonds is 2. The van der Waals surface area contributed by atoms with Crippen molar-refractivity contribution in [2.75, 3.05) is 26.2 Å². The predicted octanol–water partition coefficient (Wildman–Crippen LogP) is 2.12. The van der Waals surface area contributed by atoms with E-state index < -0.39 is 0 Å². The molecule has 0 aromatic carbocycles. The van der Waals surface area contributed by atoms with Gasteiger partial charge in [-0.05, 0) is 45.8 Å². The number of hydrogen-bond acceptors (Lipinski definition) is 2. The monoisotopic (exact) mass is 208 g/mol. The zero-order chi connectivity index (χ0) is 10.7. The first kappa shape index (κ1) is 11.2. The van der Waals surface area contributed by atoms with Gasteiger partial charge in [0.1, 0.15) is 0 Å². The summed E-state index contributed by atoms with van der Waals surface area (Å²) in [5.41, 5.74) is 0. The molecule has 2 fully saturated rings. The van der Waals surface area contributed by atoms with E-state index in [4.69, 9.17) is 0 Å². The highest BCUT2D eigenvalue weighted by Crippen LogP contribution is 2.21. The minimum atomic E-state index is 0.548. The topological polar surface area (TPSA) is 6.48 Å². The molecule has 2 nitrogen and oxygen atoms in total. The van der Waals surface area contributed by atoms with Gasteiger partial charge in [0.2, 0.25) is 0 Å². The predicted molar refractivity (Wildman–Crippen MR) is 65.1 cm³/mol. The Balaban J connectivity index is 1.97. The molecule has 86 valence electrons. The van der Waals surface area contributed by atoms with Crippen molar-refractivity contribution in [1.29, 1.82) is 0 Å². The Morgan fingerprint density at radius 3 is 2.80 bits per heavy atom. The lowest BCUT2D eigenvalue weighted by molar-refractivity contribution is 0.130. The molecule has 2 heteroatoms. The van der Waals surface area contributed by atoms with Crippen LogP contribution in [0.15, 0.2) is 12.7 Å². The Bertz CT molecular complexity index is 215. The highest BCUT2D eigenvalue weighted by Gasteiger charge is 2.27. The van der Waals surface area contributed by atoms with E-state index in [0.717, 1.165) is 6.04 Å². The second kappa shape index (κ2) is 5.13. The fourth-order valence-electron chi connectivity index (χ4n) is 2.92. The quantitative estimate of drug-likeness (QED) is 0.641. The van der Waals surface area contributed by atoms with Gasteiger partial charge in [-0.25, -0.2) is 0 Å². The van der Waals surface area contributed by atoms with Crippen molar-refractivity contribution in [3.63, 3.8) is 0 Å². The first-order valence-electron chi connectivity index (χ1n) is 6.42. The van der Waals surface area contributed by atoms with E-state index in [9.17, 15) is 0 Å². The lowest BCUT2D eigenvalue weighted by atomic mass is 10.0. The molecule has 0 radical (unpaired) electrons. The second-order valence-corrected chi connectivity index (χ2v) is 5.01. The minimum absolute atomic E-state index is 0.548. The van der Waals surface area contributed by atoms with Crippen LogP contribution in [-0.2, 0) is 0 Å². The van der Waals surface area contributed by atoms with Gasteiger partial charge in [0.05, 0.1) is 0 Å². The van der Waals surface area contributed by atoms with Gasteiger partial charge in [-0.2, -0.15) is 0 Å². The number of fused-ring (bicyclic) bond motifs is 1. The van der Waals surface area contributed by atoms with Gasteiger partial charge in [-0.1, -0.05) is 12.5 Å². The molecule has 15 heavy (non-hydrogen) atoms. The van der Waals surface area contributed by atoms with Crippen molar-refractivity contribution in [3.8, 4) is 0 Å². The summed E-state index contributed by atoms with van der Waals surface area (Å²) in [6.07, 6.45) is 7.65. The summed E-state index contributed by atoms with van der Waals surface area (Å²) >= 11 is 0. The van der Waals surface area contributed by atoms with Crippen molar-refractivity contribution in [2.24, 2.45) is 0 Å². The maximum Gasteiger partial charge on any atom is 0.0247 e. The van der Waals surface area contributed by atoms with Crippen LogP contribution < -0.4 is 0 Å². The molecule has 0 spiro atoms.